The molecule has 100 heavy (non-hydrogen) atoms. The zero-order chi connectivity index (χ0) is 73.5. The van der Waals surface area contributed by atoms with Crippen molar-refractivity contribution in [2.45, 2.75) is 445 Å². The maximum absolute atomic E-state index is 13.1. The molecule has 0 aliphatic heterocycles. The minimum absolute atomic E-state index is 0.107. The first-order chi connectivity index (χ1) is 48.4. The van der Waals surface area contributed by atoms with Crippen molar-refractivity contribution in [3.05, 3.63) is 0 Å². The van der Waals surface area contributed by atoms with E-state index in [2.05, 4.69) is 41.5 Å². The van der Waals surface area contributed by atoms with Gasteiger partial charge < -0.3 is 33.8 Å². The Kier molecular flexibility index (Phi) is 71.2. The molecule has 0 amide bonds. The SMILES string of the molecule is CCCCCCCCCCCCCCCCCCCC(=O)OC[C@H](COP(=O)(O)OC[C@@H](O)COP(=O)(O)OC[C@@H](COC(=O)CCCCCCCCCCC(C)C)OC(=O)CCCCCCCCCCCCCCC)OC(=O)CCCCCCCCCCCCCCCCCCC(C)C. The zero-order valence-corrected chi connectivity index (χ0v) is 67.3. The Hall–Kier alpha value is -1.94. The Morgan fingerprint density at radius 2 is 0.460 bits per heavy atom. The number of phosphoric ester groups is 2. The summed E-state index contributed by atoms with van der Waals surface area (Å²) in [6.45, 7) is 9.64. The number of aliphatic hydroxyl groups excluding tert-OH is 1. The summed E-state index contributed by atoms with van der Waals surface area (Å²) in [5.74, 6) is -0.572. The molecule has 0 rings (SSSR count). The number of carbonyl (C=O) groups excluding carboxylic acids is 4. The normalized spacial score (nSPS) is 13.9. The van der Waals surface area contributed by atoms with E-state index in [0.717, 1.165) is 102 Å². The third-order valence-corrected chi connectivity index (χ3v) is 20.9. The molecule has 0 radical (unpaired) electrons. The first-order valence-electron chi connectivity index (χ1n) is 42.0. The molecule has 0 spiro atoms. The highest BCUT2D eigenvalue weighted by atomic mass is 31.2. The van der Waals surface area contributed by atoms with E-state index in [0.29, 0.717) is 25.7 Å². The smallest absolute Gasteiger partial charge is 0.462 e. The first-order valence-corrected chi connectivity index (χ1v) is 45.0. The summed E-state index contributed by atoms with van der Waals surface area (Å²) in [7, 11) is -9.92. The van der Waals surface area contributed by atoms with Crippen LogP contribution >= 0.6 is 15.6 Å². The van der Waals surface area contributed by atoms with Gasteiger partial charge in [0.1, 0.15) is 19.3 Å². The largest absolute Gasteiger partial charge is 0.472 e. The fourth-order valence-corrected chi connectivity index (χ4v) is 14.1. The highest BCUT2D eigenvalue weighted by molar-refractivity contribution is 7.47. The Morgan fingerprint density at radius 1 is 0.270 bits per heavy atom. The van der Waals surface area contributed by atoms with Crippen LogP contribution in [0.4, 0.5) is 0 Å². The van der Waals surface area contributed by atoms with Crippen molar-refractivity contribution in [1.29, 1.82) is 0 Å². The van der Waals surface area contributed by atoms with Crippen molar-refractivity contribution in [3.63, 3.8) is 0 Å². The van der Waals surface area contributed by atoms with Crippen LogP contribution in [0.1, 0.15) is 427 Å². The average molecular weight is 1470 g/mol. The monoisotopic (exact) mass is 1470 g/mol. The summed E-state index contributed by atoms with van der Waals surface area (Å²) in [5, 5.41) is 10.6. The van der Waals surface area contributed by atoms with Crippen LogP contribution in [-0.4, -0.2) is 96.7 Å². The quantitative estimate of drug-likeness (QED) is 0.0222. The van der Waals surface area contributed by atoms with Crippen LogP contribution in [0.5, 0.6) is 0 Å². The molecular weight excluding hydrogens is 1310 g/mol. The molecule has 0 saturated heterocycles. The molecular formula is C81H158O17P2. The van der Waals surface area contributed by atoms with Crippen molar-refractivity contribution in [2.24, 2.45) is 11.8 Å². The maximum Gasteiger partial charge on any atom is 0.472 e. The van der Waals surface area contributed by atoms with Crippen LogP contribution in [0.3, 0.4) is 0 Å². The topological polar surface area (TPSA) is 237 Å². The molecule has 0 saturated carbocycles. The lowest BCUT2D eigenvalue weighted by Gasteiger charge is -2.21. The molecule has 594 valence electrons. The summed E-state index contributed by atoms with van der Waals surface area (Å²) in [5.41, 5.74) is 0. The zero-order valence-electron chi connectivity index (χ0n) is 65.5. The highest BCUT2D eigenvalue weighted by Crippen LogP contribution is 2.45. The second kappa shape index (κ2) is 72.6. The molecule has 3 N–H and O–H groups in total. The van der Waals surface area contributed by atoms with E-state index >= 15 is 0 Å². The van der Waals surface area contributed by atoms with Crippen LogP contribution in [0.25, 0.3) is 0 Å². The summed E-state index contributed by atoms with van der Waals surface area (Å²) in [6.07, 6.45) is 62.4. The van der Waals surface area contributed by atoms with Gasteiger partial charge in [-0.2, -0.15) is 0 Å². The van der Waals surface area contributed by atoms with E-state index in [1.54, 1.807) is 0 Å². The molecule has 0 aromatic heterocycles. The lowest BCUT2D eigenvalue weighted by molar-refractivity contribution is -0.161. The third-order valence-electron chi connectivity index (χ3n) is 19.0. The predicted molar refractivity (Wildman–Crippen MR) is 409 cm³/mol. The third kappa shape index (κ3) is 74.3. The molecule has 2 unspecified atom stereocenters. The van der Waals surface area contributed by atoms with Gasteiger partial charge in [0.15, 0.2) is 12.2 Å². The van der Waals surface area contributed by atoms with E-state index < -0.39 is 97.5 Å². The van der Waals surface area contributed by atoms with Crippen LogP contribution in [-0.2, 0) is 65.4 Å². The predicted octanol–water partition coefficient (Wildman–Crippen LogP) is 24.3. The fourth-order valence-electron chi connectivity index (χ4n) is 12.5. The number of hydrogen-bond donors (Lipinski definition) is 3. The minimum Gasteiger partial charge on any atom is -0.462 e. The summed E-state index contributed by atoms with van der Waals surface area (Å²) in [6, 6.07) is 0. The number of carbonyl (C=O) groups is 4. The van der Waals surface area contributed by atoms with Crippen LogP contribution in [0, 0.1) is 11.8 Å². The molecule has 0 aliphatic rings. The molecule has 5 atom stereocenters. The summed E-state index contributed by atoms with van der Waals surface area (Å²) >= 11 is 0. The van der Waals surface area contributed by atoms with Gasteiger partial charge in [0.05, 0.1) is 26.4 Å². The van der Waals surface area contributed by atoms with Gasteiger partial charge in [-0.25, -0.2) is 9.13 Å². The number of unbranched alkanes of at least 4 members (excludes halogenated alkanes) is 50. The second-order valence-electron chi connectivity index (χ2n) is 30.1. The van der Waals surface area contributed by atoms with Gasteiger partial charge in [-0.05, 0) is 37.5 Å². The first kappa shape index (κ1) is 98.1. The van der Waals surface area contributed by atoms with Crippen molar-refractivity contribution >= 4 is 39.5 Å². The van der Waals surface area contributed by atoms with E-state index in [9.17, 15) is 43.2 Å². The van der Waals surface area contributed by atoms with Crippen LogP contribution < -0.4 is 0 Å². The van der Waals surface area contributed by atoms with Gasteiger partial charge in [-0.3, -0.25) is 37.3 Å². The lowest BCUT2D eigenvalue weighted by Crippen LogP contribution is -2.30. The van der Waals surface area contributed by atoms with Crippen molar-refractivity contribution in [2.75, 3.05) is 39.6 Å². The summed E-state index contributed by atoms with van der Waals surface area (Å²) in [4.78, 5) is 73.0. The van der Waals surface area contributed by atoms with E-state index in [1.807, 2.05) is 0 Å². The Morgan fingerprint density at radius 3 is 0.680 bits per heavy atom. The van der Waals surface area contributed by atoms with Gasteiger partial charge in [-0.1, -0.05) is 375 Å². The molecule has 0 heterocycles. The van der Waals surface area contributed by atoms with Gasteiger partial charge in [-0.15, -0.1) is 0 Å². The Labute approximate surface area is 613 Å². The average Bonchev–Trinajstić information content (AvgIpc) is 0.938. The van der Waals surface area contributed by atoms with Gasteiger partial charge in [0, 0.05) is 25.7 Å². The number of aliphatic hydroxyl groups is 1. The number of hydrogen-bond acceptors (Lipinski definition) is 15. The van der Waals surface area contributed by atoms with Gasteiger partial charge >= 0.3 is 39.5 Å². The highest BCUT2D eigenvalue weighted by Gasteiger charge is 2.30. The Bertz CT molecular complexity index is 1920. The lowest BCUT2D eigenvalue weighted by atomic mass is 10.0. The molecule has 0 fully saturated rings. The number of ether oxygens (including phenoxy) is 4. The minimum atomic E-state index is -4.96. The summed E-state index contributed by atoms with van der Waals surface area (Å²) < 4.78 is 68.7. The van der Waals surface area contributed by atoms with Crippen molar-refractivity contribution in [3.8, 4) is 0 Å². The van der Waals surface area contributed by atoms with Crippen LogP contribution in [0.15, 0.2) is 0 Å². The number of rotatable bonds is 80. The maximum atomic E-state index is 13.1. The van der Waals surface area contributed by atoms with Gasteiger partial charge in [0.2, 0.25) is 0 Å². The van der Waals surface area contributed by atoms with Crippen molar-refractivity contribution < 1.29 is 80.2 Å². The van der Waals surface area contributed by atoms with Gasteiger partial charge in [0.25, 0.3) is 0 Å². The fraction of sp³-hybridized carbons (Fsp3) is 0.951. The molecule has 0 aromatic carbocycles. The van der Waals surface area contributed by atoms with E-state index in [-0.39, 0.29) is 25.7 Å². The molecule has 0 bridgehead atoms. The second-order valence-corrected chi connectivity index (χ2v) is 33.0. The van der Waals surface area contributed by atoms with Crippen LogP contribution in [0.2, 0.25) is 0 Å². The molecule has 17 nitrogen and oxygen atoms in total. The van der Waals surface area contributed by atoms with Crippen molar-refractivity contribution in [1.82, 2.24) is 0 Å². The number of esters is 4. The Balaban J connectivity index is 5.24. The number of phosphoric acid groups is 2. The molecule has 0 aliphatic carbocycles. The standard InChI is InChI=1S/C81H158O17P2/c1-7-9-11-13-15-17-19-21-22-23-27-31-34-38-45-51-57-63-78(83)91-69-76(97-81(86)66-60-54-48-40-36-32-28-25-24-26-30-33-37-43-49-55-61-73(3)4)71-95-99(87,88)93-67-75(82)68-94-100(89,90)96-72-77(70-92-79(84)64-58-52-46-42-41-44-50-56-62-74(5)6)98-80(85)65-59-53-47-39-35-29-20-18-16-14-12-10-8-2/h73-77,82H,7-72H2,1-6H3,(H,87,88)(H,89,90)/t75-,76-,77-/m1/s1. The molecule has 0 aromatic rings. The van der Waals surface area contributed by atoms with E-state index in [1.165, 1.54) is 244 Å². The van der Waals surface area contributed by atoms with E-state index in [4.69, 9.17) is 37.0 Å². The molecule has 19 heteroatoms.